The first-order valence-electron chi connectivity index (χ1n) is 11.0. The summed E-state index contributed by atoms with van der Waals surface area (Å²) in [4.78, 5) is 0. The lowest BCUT2D eigenvalue weighted by Crippen LogP contribution is -1.99. The number of ether oxygens (including phenoxy) is 1. The van der Waals surface area contributed by atoms with Gasteiger partial charge in [0.05, 0.1) is 8.95 Å². The van der Waals surface area contributed by atoms with Crippen molar-refractivity contribution in [3.8, 4) is 39.9 Å². The van der Waals surface area contributed by atoms with E-state index in [4.69, 9.17) is 4.74 Å². The maximum atomic E-state index is 11.1. The molecule has 0 aliphatic carbocycles. The van der Waals surface area contributed by atoms with Crippen molar-refractivity contribution in [2.75, 3.05) is 0 Å². The predicted molar refractivity (Wildman–Crippen MR) is 140 cm³/mol. The van der Waals surface area contributed by atoms with Crippen molar-refractivity contribution in [2.24, 2.45) is 0 Å². The summed E-state index contributed by atoms with van der Waals surface area (Å²) in [6.07, 6.45) is 2.79. The molecule has 0 fully saturated rings. The maximum Gasteiger partial charge on any atom is 0.169 e. The van der Waals surface area contributed by atoms with E-state index in [9.17, 15) is 15.3 Å². The highest BCUT2D eigenvalue weighted by Gasteiger charge is 2.20. The number of halogens is 2. The van der Waals surface area contributed by atoms with E-state index in [-0.39, 0.29) is 17.2 Å². The number of aryl methyl sites for hydroxylation is 4. The molecule has 0 atom stereocenters. The largest absolute Gasteiger partial charge is 0.506 e. The van der Waals surface area contributed by atoms with Gasteiger partial charge in [-0.3, -0.25) is 0 Å². The van der Waals surface area contributed by atoms with Crippen molar-refractivity contribution in [2.45, 2.75) is 25.7 Å². The monoisotopic (exact) mass is 580 g/mol. The Bertz CT molecular complexity index is 1380. The smallest absolute Gasteiger partial charge is 0.169 e. The molecule has 0 saturated carbocycles. The van der Waals surface area contributed by atoms with E-state index in [2.05, 4.69) is 31.9 Å². The number of hydrogen-bond donors (Lipinski definition) is 3. The highest BCUT2D eigenvalue weighted by atomic mass is 79.9. The molecule has 0 spiro atoms. The zero-order valence-electron chi connectivity index (χ0n) is 18.2. The van der Waals surface area contributed by atoms with Crippen LogP contribution in [0.3, 0.4) is 0 Å². The van der Waals surface area contributed by atoms with Gasteiger partial charge in [0.25, 0.3) is 0 Å². The molecule has 4 aliphatic rings. The molecule has 8 rings (SSSR count). The summed E-state index contributed by atoms with van der Waals surface area (Å²) in [5, 5.41) is 32.3. The zero-order chi connectivity index (χ0) is 23.8. The van der Waals surface area contributed by atoms with E-state index in [1.807, 2.05) is 60.7 Å². The van der Waals surface area contributed by atoms with Crippen molar-refractivity contribution in [1.29, 1.82) is 0 Å². The van der Waals surface area contributed by atoms with Crippen LogP contribution in [0.1, 0.15) is 22.3 Å². The van der Waals surface area contributed by atoms with Crippen LogP contribution >= 0.6 is 31.9 Å². The van der Waals surface area contributed by atoms with E-state index in [1.54, 1.807) is 6.07 Å². The first kappa shape index (κ1) is 22.8. The quantitative estimate of drug-likeness (QED) is 0.199. The van der Waals surface area contributed by atoms with Gasteiger partial charge in [-0.15, -0.1) is 0 Å². The van der Waals surface area contributed by atoms with Crippen LogP contribution < -0.4 is 4.74 Å². The number of rotatable bonds is 0. The second-order valence-corrected chi connectivity index (χ2v) is 10.1. The van der Waals surface area contributed by atoms with Crippen LogP contribution in [0.5, 0.6) is 28.7 Å². The topological polar surface area (TPSA) is 69.9 Å². The fourth-order valence-corrected chi connectivity index (χ4v) is 5.20. The highest BCUT2D eigenvalue weighted by Crippen LogP contribution is 2.46. The van der Waals surface area contributed by atoms with Gasteiger partial charge in [0, 0.05) is 11.1 Å². The Labute approximate surface area is 214 Å². The minimum atomic E-state index is 0.0907. The molecule has 0 radical (unpaired) electrons. The Morgan fingerprint density at radius 3 is 2.12 bits per heavy atom. The Balaban J connectivity index is 1.65. The van der Waals surface area contributed by atoms with Crippen molar-refractivity contribution in [3.63, 3.8) is 0 Å². The van der Waals surface area contributed by atoms with Crippen molar-refractivity contribution in [1.82, 2.24) is 0 Å². The van der Waals surface area contributed by atoms with Crippen LogP contribution in [0, 0.1) is 0 Å². The van der Waals surface area contributed by atoms with Crippen LogP contribution in [0.4, 0.5) is 0 Å². The zero-order valence-corrected chi connectivity index (χ0v) is 21.4. The molecule has 6 heteroatoms. The van der Waals surface area contributed by atoms with Gasteiger partial charge in [-0.1, -0.05) is 36.4 Å². The molecular formula is C28H22Br2O4. The third-order valence-electron chi connectivity index (χ3n) is 6.22. The van der Waals surface area contributed by atoms with E-state index in [1.165, 1.54) is 0 Å². The van der Waals surface area contributed by atoms with Crippen molar-refractivity contribution < 1.29 is 20.1 Å². The number of benzene rings is 4. The molecule has 34 heavy (non-hydrogen) atoms. The average Bonchev–Trinajstić information content (AvgIpc) is 2.83. The third-order valence-corrected chi connectivity index (χ3v) is 7.75. The van der Waals surface area contributed by atoms with Crippen LogP contribution in [0.25, 0.3) is 11.1 Å². The molecule has 4 aromatic carbocycles. The van der Waals surface area contributed by atoms with Gasteiger partial charge < -0.3 is 20.1 Å². The molecule has 0 saturated heterocycles. The fraction of sp³-hybridized carbons (Fsp3) is 0.143. The molecular weight excluding hydrogens is 560 g/mol. The summed E-state index contributed by atoms with van der Waals surface area (Å²) in [7, 11) is 0. The fourth-order valence-electron chi connectivity index (χ4n) is 4.32. The lowest BCUT2D eigenvalue weighted by atomic mass is 9.92. The average molecular weight is 582 g/mol. The number of aromatic hydroxyl groups is 3. The lowest BCUT2D eigenvalue weighted by Gasteiger charge is -2.17. The van der Waals surface area contributed by atoms with Crippen LogP contribution in [0.2, 0.25) is 0 Å². The molecule has 6 bridgehead atoms. The van der Waals surface area contributed by atoms with Gasteiger partial charge in [0.1, 0.15) is 17.2 Å². The third kappa shape index (κ3) is 4.40. The molecule has 0 aromatic heterocycles. The highest BCUT2D eigenvalue weighted by molar-refractivity contribution is 9.11. The summed E-state index contributed by atoms with van der Waals surface area (Å²) < 4.78 is 7.15. The van der Waals surface area contributed by atoms with Gasteiger partial charge in [0.15, 0.2) is 11.5 Å². The number of phenols is 3. The number of hydrogen-bond acceptors (Lipinski definition) is 4. The molecule has 4 heterocycles. The second-order valence-electron chi connectivity index (χ2n) is 8.41. The SMILES string of the molecule is Oc1ccc2cc1Oc1ccc(cc1)CCc1ccc(Br)c(O)c1-c1ccc(c(Br)c1O)CC2. The number of phenolic OH excluding ortho intramolecular Hbond substituents is 3. The lowest BCUT2D eigenvalue weighted by molar-refractivity contribution is 0.410. The van der Waals surface area contributed by atoms with Crippen molar-refractivity contribution in [3.05, 3.63) is 97.9 Å². The molecule has 172 valence electrons. The van der Waals surface area contributed by atoms with Crippen LogP contribution in [-0.4, -0.2) is 15.3 Å². The molecule has 4 aliphatic heterocycles. The minimum absolute atomic E-state index is 0.0907. The van der Waals surface area contributed by atoms with E-state index in [0.717, 1.165) is 28.7 Å². The van der Waals surface area contributed by atoms with Crippen molar-refractivity contribution >= 4 is 31.9 Å². The Kier molecular flexibility index (Phi) is 6.28. The first-order chi connectivity index (χ1) is 16.4. The van der Waals surface area contributed by atoms with Gasteiger partial charge in [-0.25, -0.2) is 0 Å². The predicted octanol–water partition coefficient (Wildman–Crippen LogP) is 7.67. The van der Waals surface area contributed by atoms with Crippen LogP contribution in [0.15, 0.2) is 75.7 Å². The summed E-state index contributed by atoms with van der Waals surface area (Å²) in [5.41, 5.74) is 5.22. The Hall–Kier alpha value is -2.96. The Morgan fingerprint density at radius 2 is 1.32 bits per heavy atom. The van der Waals surface area contributed by atoms with Gasteiger partial charge in [-0.2, -0.15) is 0 Å². The molecule has 0 unspecified atom stereocenters. The second kappa shape index (κ2) is 9.35. The van der Waals surface area contributed by atoms with E-state index >= 15 is 0 Å². The minimum Gasteiger partial charge on any atom is -0.506 e. The molecule has 4 nitrogen and oxygen atoms in total. The standard InChI is InChI=1S/C28H22Br2O4/c29-22-13-9-18-6-1-16-3-10-20(11-4-16)34-24-15-17(5-14-23(24)31)2-7-19-8-12-21(25(18)28(22)33)27(32)26(19)30/h3-5,8-15,31-33H,1-2,6-7H2. The van der Waals surface area contributed by atoms with E-state index < -0.39 is 0 Å². The summed E-state index contributed by atoms with van der Waals surface area (Å²) in [6, 6.07) is 20.8. The first-order valence-corrected chi connectivity index (χ1v) is 12.6. The van der Waals surface area contributed by atoms with Gasteiger partial charge in [-0.05, 0) is 110 Å². The summed E-state index contributed by atoms with van der Waals surface area (Å²) in [5.74, 6) is 1.38. The van der Waals surface area contributed by atoms with Gasteiger partial charge >= 0.3 is 0 Å². The summed E-state index contributed by atoms with van der Waals surface area (Å²) in [6.45, 7) is 0. The van der Waals surface area contributed by atoms with E-state index in [0.29, 0.717) is 50.8 Å². The summed E-state index contributed by atoms with van der Waals surface area (Å²) >= 11 is 7.00. The normalized spacial score (nSPS) is 13.1. The van der Waals surface area contributed by atoms with Crippen LogP contribution in [-0.2, 0) is 25.7 Å². The van der Waals surface area contributed by atoms with Gasteiger partial charge in [0.2, 0.25) is 0 Å². The Morgan fingerprint density at radius 1 is 0.647 bits per heavy atom. The molecule has 0 amide bonds. The molecule has 3 N–H and O–H groups in total. The maximum absolute atomic E-state index is 11.1. The molecule has 4 aromatic rings.